The molecule has 0 aliphatic carbocycles. The lowest BCUT2D eigenvalue weighted by Crippen LogP contribution is -1.88. The van der Waals surface area contributed by atoms with E-state index in [0.29, 0.717) is 0 Å². The molecule has 2 aromatic carbocycles. The number of aromatic nitrogens is 1. The summed E-state index contributed by atoms with van der Waals surface area (Å²) in [6.45, 7) is 2.09. The molecule has 0 N–H and O–H groups in total. The smallest absolute Gasteiger partial charge is 0.118 e. The van der Waals surface area contributed by atoms with Crippen LogP contribution in [0.2, 0.25) is 0 Å². The van der Waals surface area contributed by atoms with Crippen molar-refractivity contribution >= 4 is 26.8 Å². The van der Waals surface area contributed by atoms with Gasteiger partial charge in [-0.15, -0.1) is 0 Å². The molecule has 0 aliphatic heterocycles. The molecular formula is C17H14BrNO. The number of benzene rings is 2. The van der Waals surface area contributed by atoms with E-state index >= 15 is 0 Å². The first-order valence-electron chi connectivity index (χ1n) is 6.39. The van der Waals surface area contributed by atoms with Crippen molar-refractivity contribution < 1.29 is 4.74 Å². The Bertz CT molecular complexity index is 766. The third kappa shape index (κ3) is 2.41. The summed E-state index contributed by atoms with van der Waals surface area (Å²) >= 11 is 3.64. The van der Waals surface area contributed by atoms with E-state index in [9.17, 15) is 0 Å². The van der Waals surface area contributed by atoms with Gasteiger partial charge in [0.15, 0.2) is 0 Å². The van der Waals surface area contributed by atoms with Crippen LogP contribution in [-0.4, -0.2) is 12.1 Å². The summed E-state index contributed by atoms with van der Waals surface area (Å²) in [5.41, 5.74) is 4.26. The zero-order valence-corrected chi connectivity index (χ0v) is 12.9. The molecule has 0 saturated carbocycles. The molecule has 0 amide bonds. The second-order valence-electron chi connectivity index (χ2n) is 4.74. The highest BCUT2D eigenvalue weighted by atomic mass is 79.9. The zero-order valence-electron chi connectivity index (χ0n) is 11.4. The molecule has 1 heterocycles. The standard InChI is InChI=1S/C17H14BrNO/c1-11-3-8-16-14(9-11)15(18)10-17(19-16)12-4-6-13(20-2)7-5-12/h3-10H,1-2H3. The van der Waals surface area contributed by atoms with Crippen molar-refractivity contribution in [3.63, 3.8) is 0 Å². The number of fused-ring (bicyclic) bond motifs is 1. The average molecular weight is 328 g/mol. The summed E-state index contributed by atoms with van der Waals surface area (Å²) in [6.07, 6.45) is 0. The van der Waals surface area contributed by atoms with Crippen LogP contribution in [0.15, 0.2) is 53.0 Å². The van der Waals surface area contributed by atoms with E-state index < -0.39 is 0 Å². The lowest BCUT2D eigenvalue weighted by molar-refractivity contribution is 0.415. The Hall–Kier alpha value is -1.87. The van der Waals surface area contributed by atoms with Crippen molar-refractivity contribution in [3.05, 3.63) is 58.6 Å². The van der Waals surface area contributed by atoms with E-state index in [0.717, 1.165) is 32.4 Å². The normalized spacial score (nSPS) is 10.8. The van der Waals surface area contributed by atoms with E-state index in [-0.39, 0.29) is 0 Å². The number of aryl methyl sites for hydroxylation is 1. The molecule has 3 aromatic rings. The first-order chi connectivity index (χ1) is 9.67. The Morgan fingerprint density at radius 2 is 1.75 bits per heavy atom. The van der Waals surface area contributed by atoms with Gasteiger partial charge >= 0.3 is 0 Å². The van der Waals surface area contributed by atoms with Crippen LogP contribution < -0.4 is 4.74 Å². The molecular weight excluding hydrogens is 314 g/mol. The fourth-order valence-corrected chi connectivity index (χ4v) is 2.74. The number of hydrogen-bond donors (Lipinski definition) is 0. The number of ether oxygens (including phenoxy) is 1. The second kappa shape index (κ2) is 5.25. The van der Waals surface area contributed by atoms with Crippen molar-refractivity contribution in [3.8, 4) is 17.0 Å². The summed E-state index contributed by atoms with van der Waals surface area (Å²) in [5.74, 6) is 0.851. The van der Waals surface area contributed by atoms with Gasteiger partial charge in [-0.3, -0.25) is 0 Å². The molecule has 0 bridgehead atoms. The molecule has 0 spiro atoms. The largest absolute Gasteiger partial charge is 0.497 e. The number of methoxy groups -OCH3 is 1. The molecule has 0 saturated heterocycles. The molecule has 0 atom stereocenters. The lowest BCUT2D eigenvalue weighted by Gasteiger charge is -2.07. The maximum atomic E-state index is 5.18. The molecule has 2 nitrogen and oxygen atoms in total. The zero-order chi connectivity index (χ0) is 14.1. The molecule has 0 fully saturated rings. The van der Waals surface area contributed by atoms with Crippen LogP contribution in [0.4, 0.5) is 0 Å². The van der Waals surface area contributed by atoms with Crippen LogP contribution in [0.1, 0.15) is 5.56 Å². The molecule has 0 aliphatic rings. The summed E-state index contributed by atoms with van der Waals surface area (Å²) in [7, 11) is 1.67. The topological polar surface area (TPSA) is 22.1 Å². The van der Waals surface area contributed by atoms with E-state index in [1.54, 1.807) is 7.11 Å². The van der Waals surface area contributed by atoms with Crippen molar-refractivity contribution in [1.82, 2.24) is 4.98 Å². The number of pyridine rings is 1. The van der Waals surface area contributed by atoms with Gasteiger partial charge in [0.2, 0.25) is 0 Å². The van der Waals surface area contributed by atoms with Crippen molar-refractivity contribution in [2.75, 3.05) is 7.11 Å². The van der Waals surface area contributed by atoms with Crippen LogP contribution in [-0.2, 0) is 0 Å². The van der Waals surface area contributed by atoms with Crippen LogP contribution >= 0.6 is 15.9 Å². The van der Waals surface area contributed by atoms with Gasteiger partial charge in [0.05, 0.1) is 18.3 Å². The van der Waals surface area contributed by atoms with Gasteiger partial charge in [0.1, 0.15) is 5.75 Å². The number of hydrogen-bond acceptors (Lipinski definition) is 2. The third-order valence-corrected chi connectivity index (χ3v) is 3.96. The molecule has 1 aromatic heterocycles. The minimum absolute atomic E-state index is 0.851. The molecule has 0 radical (unpaired) electrons. The first kappa shape index (κ1) is 13.1. The Kier molecular flexibility index (Phi) is 3.45. The average Bonchev–Trinajstić information content (AvgIpc) is 2.48. The quantitative estimate of drug-likeness (QED) is 0.662. The fourth-order valence-electron chi connectivity index (χ4n) is 2.21. The van der Waals surface area contributed by atoms with Gasteiger partial charge in [-0.2, -0.15) is 0 Å². The fraction of sp³-hybridized carbons (Fsp3) is 0.118. The first-order valence-corrected chi connectivity index (χ1v) is 7.18. The van der Waals surface area contributed by atoms with Crippen LogP contribution in [0.5, 0.6) is 5.75 Å². The van der Waals surface area contributed by atoms with Crippen LogP contribution in [0.25, 0.3) is 22.2 Å². The highest BCUT2D eigenvalue weighted by Gasteiger charge is 2.06. The Morgan fingerprint density at radius 3 is 2.45 bits per heavy atom. The van der Waals surface area contributed by atoms with Crippen molar-refractivity contribution in [1.29, 1.82) is 0 Å². The van der Waals surface area contributed by atoms with Gasteiger partial charge < -0.3 is 4.74 Å². The molecule has 3 heteroatoms. The highest BCUT2D eigenvalue weighted by Crippen LogP contribution is 2.29. The highest BCUT2D eigenvalue weighted by molar-refractivity contribution is 9.10. The predicted molar refractivity (Wildman–Crippen MR) is 86.2 cm³/mol. The van der Waals surface area contributed by atoms with Gasteiger partial charge in [0.25, 0.3) is 0 Å². The minimum Gasteiger partial charge on any atom is -0.497 e. The Balaban J connectivity index is 2.14. The lowest BCUT2D eigenvalue weighted by atomic mass is 10.1. The molecule has 0 unspecified atom stereocenters. The number of nitrogens with zero attached hydrogens (tertiary/aromatic N) is 1. The summed E-state index contributed by atoms with van der Waals surface area (Å²) < 4.78 is 6.25. The van der Waals surface area contributed by atoms with Crippen molar-refractivity contribution in [2.24, 2.45) is 0 Å². The molecule has 100 valence electrons. The third-order valence-electron chi connectivity index (χ3n) is 3.30. The molecule has 3 rings (SSSR count). The SMILES string of the molecule is COc1ccc(-c2cc(Br)c3cc(C)ccc3n2)cc1. The van der Waals surface area contributed by atoms with Crippen LogP contribution in [0.3, 0.4) is 0 Å². The van der Waals surface area contributed by atoms with E-state index in [4.69, 9.17) is 9.72 Å². The maximum Gasteiger partial charge on any atom is 0.118 e. The van der Waals surface area contributed by atoms with E-state index in [1.165, 1.54) is 5.56 Å². The van der Waals surface area contributed by atoms with Crippen molar-refractivity contribution in [2.45, 2.75) is 6.92 Å². The number of rotatable bonds is 2. The Labute approximate surface area is 126 Å². The second-order valence-corrected chi connectivity index (χ2v) is 5.59. The van der Waals surface area contributed by atoms with Crippen LogP contribution in [0, 0.1) is 6.92 Å². The Morgan fingerprint density at radius 1 is 1.00 bits per heavy atom. The van der Waals surface area contributed by atoms with Gasteiger partial charge in [-0.05, 0) is 49.4 Å². The number of halogens is 1. The minimum atomic E-state index is 0.851. The van der Waals surface area contributed by atoms with Gasteiger partial charge in [-0.25, -0.2) is 4.98 Å². The maximum absolute atomic E-state index is 5.18. The summed E-state index contributed by atoms with van der Waals surface area (Å²) in [6, 6.07) is 16.3. The summed E-state index contributed by atoms with van der Waals surface area (Å²) in [5, 5.41) is 1.14. The van der Waals surface area contributed by atoms with Gasteiger partial charge in [0, 0.05) is 15.4 Å². The predicted octanol–water partition coefficient (Wildman–Crippen LogP) is 4.98. The van der Waals surface area contributed by atoms with Gasteiger partial charge in [-0.1, -0.05) is 27.6 Å². The molecule has 20 heavy (non-hydrogen) atoms. The summed E-state index contributed by atoms with van der Waals surface area (Å²) in [4.78, 5) is 4.73. The van der Waals surface area contributed by atoms with E-state index in [1.807, 2.05) is 24.3 Å². The monoisotopic (exact) mass is 327 g/mol. The van der Waals surface area contributed by atoms with E-state index in [2.05, 4.69) is 47.1 Å².